The van der Waals surface area contributed by atoms with E-state index >= 15 is 0 Å². The summed E-state index contributed by atoms with van der Waals surface area (Å²) in [5.74, 6) is 2.56. The van der Waals surface area contributed by atoms with Gasteiger partial charge in [0, 0.05) is 5.38 Å². The Kier molecular flexibility index (Phi) is 4.34. The molecule has 0 atom stereocenters. The van der Waals surface area contributed by atoms with Gasteiger partial charge in [0.25, 0.3) is 0 Å². The number of rotatable bonds is 6. The van der Waals surface area contributed by atoms with E-state index in [9.17, 15) is 0 Å². The highest BCUT2D eigenvalue weighted by molar-refractivity contribution is 7.09. The molecule has 7 heteroatoms. The van der Waals surface area contributed by atoms with E-state index in [1.54, 1.807) is 18.4 Å². The van der Waals surface area contributed by atoms with Crippen LogP contribution in [0.2, 0.25) is 0 Å². The number of ether oxygens (including phenoxy) is 2. The van der Waals surface area contributed by atoms with Gasteiger partial charge in [-0.05, 0) is 31.2 Å². The zero-order chi connectivity index (χ0) is 15.4. The number of nitrogens with zero attached hydrogens (tertiary/aromatic N) is 3. The van der Waals surface area contributed by atoms with Crippen LogP contribution in [-0.4, -0.2) is 22.2 Å². The molecule has 0 saturated carbocycles. The second kappa shape index (κ2) is 6.57. The van der Waals surface area contributed by atoms with Crippen LogP contribution in [0.5, 0.6) is 11.5 Å². The fourth-order valence-electron chi connectivity index (χ4n) is 1.88. The van der Waals surface area contributed by atoms with E-state index in [2.05, 4.69) is 15.1 Å². The first-order valence-corrected chi connectivity index (χ1v) is 7.60. The molecule has 0 spiro atoms. The van der Waals surface area contributed by atoms with Crippen LogP contribution in [0.3, 0.4) is 0 Å². The summed E-state index contributed by atoms with van der Waals surface area (Å²) in [7, 11) is 1.63. The fraction of sp³-hybridized carbons (Fsp3) is 0.267. The third-order valence-corrected chi connectivity index (χ3v) is 3.76. The molecule has 0 bridgehead atoms. The highest BCUT2D eigenvalue weighted by Crippen LogP contribution is 2.18. The van der Waals surface area contributed by atoms with Gasteiger partial charge in [-0.25, -0.2) is 4.98 Å². The van der Waals surface area contributed by atoms with E-state index in [1.807, 2.05) is 36.6 Å². The third-order valence-electron chi connectivity index (χ3n) is 2.94. The van der Waals surface area contributed by atoms with E-state index in [1.165, 1.54) is 0 Å². The Balaban J connectivity index is 1.56. The average molecular weight is 317 g/mol. The SMILES string of the molecule is COc1ccc(OCc2noc(Cc3csc(C)n3)n2)cc1. The summed E-state index contributed by atoms with van der Waals surface area (Å²) < 4.78 is 15.9. The highest BCUT2D eigenvalue weighted by Gasteiger charge is 2.09. The van der Waals surface area contributed by atoms with Crippen LogP contribution in [0, 0.1) is 6.92 Å². The summed E-state index contributed by atoms with van der Waals surface area (Å²) in [6, 6.07) is 7.33. The van der Waals surface area contributed by atoms with Crippen molar-refractivity contribution in [3.8, 4) is 11.5 Å². The molecule has 2 heterocycles. The molecule has 3 rings (SSSR count). The zero-order valence-corrected chi connectivity index (χ0v) is 13.1. The maximum absolute atomic E-state index is 5.61. The number of benzene rings is 1. The number of hydrogen-bond acceptors (Lipinski definition) is 7. The van der Waals surface area contributed by atoms with Crippen molar-refractivity contribution < 1.29 is 14.0 Å². The van der Waals surface area contributed by atoms with Gasteiger partial charge in [0.2, 0.25) is 11.7 Å². The molecule has 0 fully saturated rings. The highest BCUT2D eigenvalue weighted by atomic mass is 32.1. The molecule has 0 radical (unpaired) electrons. The van der Waals surface area contributed by atoms with Crippen molar-refractivity contribution in [2.24, 2.45) is 0 Å². The van der Waals surface area contributed by atoms with Gasteiger partial charge in [0.05, 0.1) is 24.2 Å². The molecule has 0 aliphatic carbocycles. The number of hydrogen-bond donors (Lipinski definition) is 0. The van der Waals surface area contributed by atoms with Crippen molar-refractivity contribution in [1.29, 1.82) is 0 Å². The zero-order valence-electron chi connectivity index (χ0n) is 12.3. The van der Waals surface area contributed by atoms with E-state index in [0.717, 1.165) is 22.2 Å². The van der Waals surface area contributed by atoms with E-state index < -0.39 is 0 Å². The van der Waals surface area contributed by atoms with Crippen LogP contribution in [0.25, 0.3) is 0 Å². The standard InChI is InChI=1S/C15H15N3O3S/c1-10-16-11(9-22-10)7-15-17-14(18-21-15)8-20-13-5-3-12(19-2)4-6-13/h3-6,9H,7-8H2,1-2H3. The number of aromatic nitrogens is 3. The van der Waals surface area contributed by atoms with Gasteiger partial charge in [0.15, 0.2) is 6.61 Å². The first-order valence-electron chi connectivity index (χ1n) is 6.72. The Morgan fingerprint density at radius 3 is 2.59 bits per heavy atom. The second-order valence-corrected chi connectivity index (χ2v) is 5.67. The van der Waals surface area contributed by atoms with Crippen molar-refractivity contribution in [3.63, 3.8) is 0 Å². The van der Waals surface area contributed by atoms with Gasteiger partial charge >= 0.3 is 0 Å². The topological polar surface area (TPSA) is 70.3 Å². The molecule has 1 aromatic carbocycles. The molecule has 0 N–H and O–H groups in total. The van der Waals surface area contributed by atoms with E-state index in [4.69, 9.17) is 14.0 Å². The largest absolute Gasteiger partial charge is 0.497 e. The summed E-state index contributed by atoms with van der Waals surface area (Å²) >= 11 is 1.61. The molecule has 0 amide bonds. The number of thiazole rings is 1. The summed E-state index contributed by atoms with van der Waals surface area (Å²) in [4.78, 5) is 8.67. The van der Waals surface area contributed by atoms with Gasteiger partial charge in [-0.15, -0.1) is 11.3 Å². The lowest BCUT2D eigenvalue weighted by atomic mass is 10.3. The van der Waals surface area contributed by atoms with Gasteiger partial charge in [0.1, 0.15) is 11.5 Å². The first-order chi connectivity index (χ1) is 10.7. The molecule has 22 heavy (non-hydrogen) atoms. The second-order valence-electron chi connectivity index (χ2n) is 4.60. The van der Waals surface area contributed by atoms with E-state index in [0.29, 0.717) is 18.1 Å². The lowest BCUT2D eigenvalue weighted by Gasteiger charge is -2.04. The molecule has 6 nitrogen and oxygen atoms in total. The quantitative estimate of drug-likeness (QED) is 0.696. The monoisotopic (exact) mass is 317 g/mol. The minimum Gasteiger partial charge on any atom is -0.497 e. The summed E-state index contributed by atoms with van der Waals surface area (Å²) in [6.45, 7) is 2.22. The van der Waals surface area contributed by atoms with Crippen LogP contribution < -0.4 is 9.47 Å². The Bertz CT molecular complexity index is 737. The molecule has 0 saturated heterocycles. The molecule has 0 unspecified atom stereocenters. The van der Waals surface area contributed by atoms with E-state index in [-0.39, 0.29) is 6.61 Å². The summed E-state index contributed by atoms with van der Waals surface area (Å²) in [5.41, 5.74) is 0.939. The molecular formula is C15H15N3O3S. The Morgan fingerprint density at radius 2 is 1.91 bits per heavy atom. The first kappa shape index (κ1) is 14.5. The predicted octanol–water partition coefficient (Wildman–Crippen LogP) is 3.01. The maximum Gasteiger partial charge on any atom is 0.232 e. The Hall–Kier alpha value is -2.41. The minimum atomic E-state index is 0.256. The Morgan fingerprint density at radius 1 is 1.14 bits per heavy atom. The van der Waals surface area contributed by atoms with Crippen molar-refractivity contribution in [3.05, 3.63) is 52.1 Å². The molecule has 0 aliphatic heterocycles. The predicted molar refractivity (Wildman–Crippen MR) is 81.3 cm³/mol. The maximum atomic E-state index is 5.61. The molecule has 0 aliphatic rings. The van der Waals surface area contributed by atoms with Crippen LogP contribution in [0.1, 0.15) is 22.4 Å². The summed E-state index contributed by atoms with van der Waals surface area (Å²) in [5, 5.41) is 6.93. The van der Waals surface area contributed by atoms with Crippen molar-refractivity contribution >= 4 is 11.3 Å². The number of aryl methyl sites for hydroxylation is 1. The summed E-state index contributed by atoms with van der Waals surface area (Å²) in [6.07, 6.45) is 0.542. The lowest BCUT2D eigenvalue weighted by Crippen LogP contribution is -1.98. The third kappa shape index (κ3) is 3.62. The molecule has 3 aromatic rings. The van der Waals surface area contributed by atoms with Gasteiger partial charge in [-0.3, -0.25) is 0 Å². The van der Waals surface area contributed by atoms with Crippen LogP contribution in [0.15, 0.2) is 34.2 Å². The lowest BCUT2D eigenvalue weighted by molar-refractivity contribution is 0.285. The van der Waals surface area contributed by atoms with Crippen molar-refractivity contribution in [1.82, 2.24) is 15.1 Å². The van der Waals surface area contributed by atoms with Crippen LogP contribution in [0.4, 0.5) is 0 Å². The molecule has 2 aromatic heterocycles. The van der Waals surface area contributed by atoms with Gasteiger partial charge < -0.3 is 14.0 Å². The van der Waals surface area contributed by atoms with Crippen LogP contribution >= 0.6 is 11.3 Å². The minimum absolute atomic E-state index is 0.256. The van der Waals surface area contributed by atoms with Crippen molar-refractivity contribution in [2.45, 2.75) is 20.0 Å². The average Bonchev–Trinajstić information content (AvgIpc) is 3.15. The number of methoxy groups -OCH3 is 1. The van der Waals surface area contributed by atoms with Crippen LogP contribution in [-0.2, 0) is 13.0 Å². The normalized spacial score (nSPS) is 10.6. The fourth-order valence-corrected chi connectivity index (χ4v) is 2.50. The van der Waals surface area contributed by atoms with Crippen molar-refractivity contribution in [2.75, 3.05) is 7.11 Å². The Labute approximate surface area is 131 Å². The molecule has 114 valence electrons. The van der Waals surface area contributed by atoms with Gasteiger partial charge in [-0.1, -0.05) is 5.16 Å². The molecular weight excluding hydrogens is 302 g/mol. The van der Waals surface area contributed by atoms with Gasteiger partial charge in [-0.2, -0.15) is 4.98 Å². The smallest absolute Gasteiger partial charge is 0.232 e.